The van der Waals surface area contributed by atoms with E-state index in [0.717, 1.165) is 37.0 Å². The van der Waals surface area contributed by atoms with Gasteiger partial charge in [-0.1, -0.05) is 17.7 Å². The first-order chi connectivity index (χ1) is 22.0. The number of fused-ring (bicyclic) bond motifs is 4. The van der Waals surface area contributed by atoms with Gasteiger partial charge in [0.15, 0.2) is 5.82 Å². The van der Waals surface area contributed by atoms with Gasteiger partial charge in [0.2, 0.25) is 0 Å². The molecule has 1 aliphatic carbocycles. The Labute approximate surface area is 271 Å². The molecule has 2 aromatic heterocycles. The lowest BCUT2D eigenvalue weighted by atomic mass is 9.97. The van der Waals surface area contributed by atoms with E-state index in [0.29, 0.717) is 37.4 Å². The number of aromatic nitrogens is 2. The van der Waals surface area contributed by atoms with Crippen molar-refractivity contribution in [2.45, 2.75) is 50.1 Å². The van der Waals surface area contributed by atoms with E-state index in [1.807, 2.05) is 6.07 Å². The predicted molar refractivity (Wildman–Crippen MR) is 170 cm³/mol. The minimum Gasteiger partial charge on any atom is -0.463 e. The molecule has 4 fully saturated rings. The lowest BCUT2D eigenvalue weighted by Gasteiger charge is -2.34. The number of thiophene rings is 1. The van der Waals surface area contributed by atoms with Crippen LogP contribution >= 0.6 is 22.9 Å². The Hall–Kier alpha value is -3.44. The van der Waals surface area contributed by atoms with Crippen LogP contribution in [0.1, 0.15) is 37.7 Å². The van der Waals surface area contributed by atoms with E-state index in [4.69, 9.17) is 27.1 Å². The van der Waals surface area contributed by atoms with Crippen LogP contribution < -0.4 is 20.7 Å². The number of nitriles is 1. The number of halogens is 5. The molecule has 240 valence electrons. The van der Waals surface area contributed by atoms with Gasteiger partial charge in [-0.15, -0.1) is 11.3 Å². The zero-order valence-electron chi connectivity index (χ0n) is 24.7. The highest BCUT2D eigenvalue weighted by molar-refractivity contribution is 7.23. The summed E-state index contributed by atoms with van der Waals surface area (Å²) in [6.45, 7) is 2.11. The van der Waals surface area contributed by atoms with E-state index < -0.39 is 17.6 Å². The first-order valence-corrected chi connectivity index (χ1v) is 16.6. The maximum atomic E-state index is 16.9. The molecule has 8 nitrogen and oxygen atoms in total. The van der Waals surface area contributed by atoms with E-state index in [9.17, 15) is 18.4 Å². The minimum atomic E-state index is -2.68. The second kappa shape index (κ2) is 10.8. The van der Waals surface area contributed by atoms with Crippen LogP contribution in [0, 0.1) is 28.4 Å². The molecule has 5 heterocycles. The van der Waals surface area contributed by atoms with Crippen molar-refractivity contribution in [1.29, 1.82) is 5.26 Å². The largest absolute Gasteiger partial charge is 0.463 e. The second-order valence-electron chi connectivity index (χ2n) is 13.2. The maximum Gasteiger partial charge on any atom is 0.319 e. The number of benzene rings is 2. The van der Waals surface area contributed by atoms with Crippen molar-refractivity contribution in [2.75, 3.05) is 50.0 Å². The first kappa shape index (κ1) is 29.9. The van der Waals surface area contributed by atoms with Crippen LogP contribution in [0.5, 0.6) is 6.01 Å². The van der Waals surface area contributed by atoms with Crippen LogP contribution in [-0.4, -0.2) is 72.2 Å². The lowest BCUT2D eigenvalue weighted by Crippen LogP contribution is -2.51. The number of piperazine rings is 1. The summed E-state index contributed by atoms with van der Waals surface area (Å²) in [4.78, 5) is 13.2. The molecule has 3 saturated heterocycles. The maximum absolute atomic E-state index is 16.9. The average Bonchev–Trinajstić information content (AvgIpc) is 3.39. The summed E-state index contributed by atoms with van der Waals surface area (Å²) in [7, 11) is 0. The number of nitrogens with zero attached hydrogens (tertiary/aromatic N) is 5. The molecule has 1 saturated carbocycles. The fourth-order valence-electron chi connectivity index (χ4n) is 7.35. The average molecular weight is 672 g/mol. The Bertz CT molecular complexity index is 1930. The van der Waals surface area contributed by atoms with Crippen LogP contribution in [0.3, 0.4) is 0 Å². The van der Waals surface area contributed by atoms with Gasteiger partial charge in [0.05, 0.1) is 28.4 Å². The summed E-state index contributed by atoms with van der Waals surface area (Å²) in [6.07, 6.45) is 3.56. The van der Waals surface area contributed by atoms with Crippen LogP contribution in [0.2, 0.25) is 5.02 Å². The smallest absolute Gasteiger partial charge is 0.319 e. The highest BCUT2D eigenvalue weighted by Crippen LogP contribution is 2.49. The predicted octanol–water partition coefficient (Wildman–Crippen LogP) is 6.34. The number of hydrogen-bond donors (Lipinski definition) is 2. The number of nitrogens with two attached hydrogens (primary N) is 1. The van der Waals surface area contributed by atoms with Gasteiger partial charge in [-0.2, -0.15) is 15.2 Å². The summed E-state index contributed by atoms with van der Waals surface area (Å²) in [5.74, 6) is -3.51. The van der Waals surface area contributed by atoms with Crippen LogP contribution in [0.4, 0.5) is 28.4 Å². The number of ether oxygens (including phenoxy) is 1. The topological polar surface area (TPSA) is 103 Å². The van der Waals surface area contributed by atoms with E-state index >= 15 is 4.39 Å². The Kier molecular flexibility index (Phi) is 7.03. The molecule has 0 spiro atoms. The van der Waals surface area contributed by atoms with E-state index in [-0.39, 0.29) is 85.4 Å². The number of alkyl halides is 2. The molecule has 14 heteroatoms. The van der Waals surface area contributed by atoms with E-state index in [1.54, 1.807) is 11.0 Å². The number of nitrogens with one attached hydrogen (secondary N) is 1. The Morgan fingerprint density at radius 2 is 1.91 bits per heavy atom. The number of nitrogen functional groups attached to an aromatic ring is 1. The molecule has 0 amide bonds. The van der Waals surface area contributed by atoms with Gasteiger partial charge in [0.1, 0.15) is 28.2 Å². The monoisotopic (exact) mass is 671 g/mol. The fourth-order valence-corrected chi connectivity index (χ4v) is 8.59. The van der Waals surface area contributed by atoms with Crippen LogP contribution in [0.15, 0.2) is 18.2 Å². The minimum absolute atomic E-state index is 0.0136. The quantitative estimate of drug-likeness (QED) is 0.220. The van der Waals surface area contributed by atoms with Gasteiger partial charge in [-0.05, 0) is 43.4 Å². The fraction of sp³-hybridized carbons (Fsp3) is 0.469. The van der Waals surface area contributed by atoms with Gasteiger partial charge < -0.3 is 20.7 Å². The Balaban J connectivity index is 1.22. The van der Waals surface area contributed by atoms with Crippen molar-refractivity contribution < 1.29 is 22.3 Å². The van der Waals surface area contributed by atoms with Crippen molar-refractivity contribution in [1.82, 2.24) is 20.2 Å². The summed E-state index contributed by atoms with van der Waals surface area (Å²) < 4.78 is 65.7. The van der Waals surface area contributed by atoms with Gasteiger partial charge in [0, 0.05) is 66.4 Å². The summed E-state index contributed by atoms with van der Waals surface area (Å²) >= 11 is 7.74. The molecule has 0 radical (unpaired) electrons. The second-order valence-corrected chi connectivity index (χ2v) is 14.6. The van der Waals surface area contributed by atoms with Gasteiger partial charge in [0.25, 0.3) is 5.92 Å². The SMILES string of the molecule is N#Cc1c(N)sc2c(F)ccc(-c3c(Cl)cc4c(N5CC6CCC(C5)N6)nc(OCC5(CN6CCC(F)(F)C6)CC5)nc4c3F)c12. The third kappa shape index (κ3) is 5.10. The number of rotatable bonds is 7. The van der Waals surface area contributed by atoms with Crippen molar-refractivity contribution in [3.63, 3.8) is 0 Å². The Morgan fingerprint density at radius 3 is 2.59 bits per heavy atom. The first-order valence-electron chi connectivity index (χ1n) is 15.4. The van der Waals surface area contributed by atoms with Crippen molar-refractivity contribution in [2.24, 2.45) is 5.41 Å². The van der Waals surface area contributed by atoms with Crippen molar-refractivity contribution in [3.05, 3.63) is 40.4 Å². The third-order valence-electron chi connectivity index (χ3n) is 9.83. The summed E-state index contributed by atoms with van der Waals surface area (Å²) in [6, 6.07) is 6.76. The van der Waals surface area contributed by atoms with Gasteiger partial charge in [-0.3, -0.25) is 4.90 Å². The standard InChI is InChI=1S/C32H30ClF4N7OS/c33-21-9-19-26(25(35)24(21)18-3-4-22(34)27-23(18)20(10-38)28(39)46-27)41-30(42-29(19)44-11-16-1-2-17(12-44)40-16)45-15-31(5-6-31)13-43-8-7-32(36,37)14-43/h3-4,9,16-17,40H,1-2,5-8,11-15,39H2. The molecule has 4 aromatic rings. The molecule has 46 heavy (non-hydrogen) atoms. The molecular formula is C32H30ClF4N7OS. The molecule has 8 rings (SSSR count). The zero-order chi connectivity index (χ0) is 32.0. The van der Waals surface area contributed by atoms with Gasteiger partial charge in [-0.25, -0.2) is 17.6 Å². The Morgan fingerprint density at radius 1 is 1.15 bits per heavy atom. The lowest BCUT2D eigenvalue weighted by molar-refractivity contribution is 0.00932. The molecule has 2 atom stereocenters. The highest BCUT2D eigenvalue weighted by Gasteiger charge is 2.48. The number of likely N-dealkylation sites (tertiary alicyclic amines) is 1. The molecule has 2 aromatic carbocycles. The molecule has 3 aliphatic heterocycles. The van der Waals surface area contributed by atoms with E-state index in [1.165, 1.54) is 12.1 Å². The molecule has 2 unspecified atom stereocenters. The summed E-state index contributed by atoms with van der Waals surface area (Å²) in [5.41, 5.74) is 5.99. The molecule has 2 bridgehead atoms. The highest BCUT2D eigenvalue weighted by atomic mass is 35.5. The molecule has 3 N–H and O–H groups in total. The normalized spacial score (nSPS) is 23.3. The third-order valence-corrected chi connectivity index (χ3v) is 11.2. The number of hydrogen-bond acceptors (Lipinski definition) is 9. The zero-order valence-corrected chi connectivity index (χ0v) is 26.3. The summed E-state index contributed by atoms with van der Waals surface area (Å²) in [5, 5.41) is 14.2. The van der Waals surface area contributed by atoms with Crippen molar-refractivity contribution >= 4 is 54.7 Å². The van der Waals surface area contributed by atoms with Crippen molar-refractivity contribution in [3.8, 4) is 23.2 Å². The van der Waals surface area contributed by atoms with Crippen LogP contribution in [0.25, 0.3) is 32.1 Å². The molecular weight excluding hydrogens is 642 g/mol. The number of anilines is 2. The molecule has 4 aliphatic rings. The van der Waals surface area contributed by atoms with Crippen LogP contribution in [-0.2, 0) is 0 Å². The van der Waals surface area contributed by atoms with E-state index in [2.05, 4.69) is 15.2 Å². The van der Waals surface area contributed by atoms with Gasteiger partial charge >= 0.3 is 6.01 Å².